The highest BCUT2D eigenvalue weighted by Gasteiger charge is 2.13. The number of imidazole rings is 1. The SMILES string of the molecule is CCOC(CN)Cc1nc2cccnc2n1C. The molecule has 0 saturated carbocycles. The van der Waals surface area contributed by atoms with E-state index in [1.807, 2.05) is 30.7 Å². The minimum absolute atomic E-state index is 0.0236. The fourth-order valence-electron chi connectivity index (χ4n) is 1.90. The van der Waals surface area contributed by atoms with Crippen molar-refractivity contribution in [2.45, 2.75) is 19.4 Å². The van der Waals surface area contributed by atoms with Crippen molar-refractivity contribution in [1.82, 2.24) is 14.5 Å². The van der Waals surface area contributed by atoms with Gasteiger partial charge in [0.05, 0.1) is 6.10 Å². The van der Waals surface area contributed by atoms with E-state index in [4.69, 9.17) is 10.5 Å². The summed E-state index contributed by atoms with van der Waals surface area (Å²) in [6.07, 6.45) is 2.52. The molecule has 2 aromatic rings. The van der Waals surface area contributed by atoms with Gasteiger partial charge in [0.15, 0.2) is 5.65 Å². The number of nitrogens with zero attached hydrogens (tertiary/aromatic N) is 3. The molecular formula is C12H18N4O. The zero-order valence-corrected chi connectivity index (χ0v) is 10.3. The van der Waals surface area contributed by atoms with Gasteiger partial charge in [0.2, 0.25) is 0 Å². The molecule has 5 nitrogen and oxygen atoms in total. The van der Waals surface area contributed by atoms with Gasteiger partial charge < -0.3 is 15.0 Å². The van der Waals surface area contributed by atoms with Crippen molar-refractivity contribution in [2.75, 3.05) is 13.2 Å². The first-order valence-electron chi connectivity index (χ1n) is 5.84. The van der Waals surface area contributed by atoms with E-state index in [9.17, 15) is 0 Å². The van der Waals surface area contributed by atoms with Gasteiger partial charge in [-0.05, 0) is 19.1 Å². The first-order valence-corrected chi connectivity index (χ1v) is 5.84. The van der Waals surface area contributed by atoms with Gasteiger partial charge in [0.1, 0.15) is 11.3 Å². The molecule has 0 aliphatic rings. The predicted octanol–water partition coefficient (Wildman–Crippen LogP) is 0.875. The van der Waals surface area contributed by atoms with Crippen LogP contribution < -0.4 is 5.73 Å². The van der Waals surface area contributed by atoms with E-state index in [2.05, 4.69) is 9.97 Å². The van der Waals surface area contributed by atoms with Crippen LogP contribution in [0.15, 0.2) is 18.3 Å². The Morgan fingerprint density at radius 3 is 3.00 bits per heavy atom. The minimum atomic E-state index is 0.0236. The molecule has 0 fully saturated rings. The molecule has 0 spiro atoms. The van der Waals surface area contributed by atoms with Crippen molar-refractivity contribution < 1.29 is 4.74 Å². The van der Waals surface area contributed by atoms with Gasteiger partial charge in [-0.3, -0.25) is 0 Å². The van der Waals surface area contributed by atoms with Crippen LogP contribution in [0.1, 0.15) is 12.7 Å². The van der Waals surface area contributed by atoms with Crippen molar-refractivity contribution in [3.8, 4) is 0 Å². The lowest BCUT2D eigenvalue weighted by molar-refractivity contribution is 0.0677. The smallest absolute Gasteiger partial charge is 0.159 e. The molecule has 17 heavy (non-hydrogen) atoms. The normalized spacial score (nSPS) is 13.1. The second-order valence-corrected chi connectivity index (χ2v) is 3.95. The number of hydrogen-bond acceptors (Lipinski definition) is 4. The molecule has 1 unspecified atom stereocenters. The van der Waals surface area contributed by atoms with Gasteiger partial charge >= 0.3 is 0 Å². The summed E-state index contributed by atoms with van der Waals surface area (Å²) >= 11 is 0. The molecule has 5 heteroatoms. The van der Waals surface area contributed by atoms with E-state index in [1.54, 1.807) is 6.20 Å². The lowest BCUT2D eigenvalue weighted by atomic mass is 10.2. The summed E-state index contributed by atoms with van der Waals surface area (Å²) in [6, 6.07) is 3.85. The van der Waals surface area contributed by atoms with Gasteiger partial charge in [-0.1, -0.05) is 0 Å². The molecule has 0 radical (unpaired) electrons. The largest absolute Gasteiger partial charge is 0.377 e. The summed E-state index contributed by atoms with van der Waals surface area (Å²) in [7, 11) is 1.97. The van der Waals surface area contributed by atoms with Crippen molar-refractivity contribution in [3.05, 3.63) is 24.2 Å². The van der Waals surface area contributed by atoms with E-state index in [1.165, 1.54) is 0 Å². The monoisotopic (exact) mass is 234 g/mol. The van der Waals surface area contributed by atoms with Crippen molar-refractivity contribution >= 4 is 11.2 Å². The number of rotatable bonds is 5. The number of nitrogens with two attached hydrogens (primary N) is 1. The number of pyridine rings is 1. The Bertz CT molecular complexity index is 494. The standard InChI is InChI=1S/C12H18N4O/c1-3-17-9(8-13)7-11-15-10-5-4-6-14-12(10)16(11)2/h4-6,9H,3,7-8,13H2,1-2H3. The topological polar surface area (TPSA) is 66.0 Å². The number of aromatic nitrogens is 3. The average Bonchev–Trinajstić information content (AvgIpc) is 2.66. The van der Waals surface area contributed by atoms with Gasteiger partial charge in [0, 0.05) is 32.8 Å². The second-order valence-electron chi connectivity index (χ2n) is 3.95. The Balaban J connectivity index is 2.26. The maximum atomic E-state index is 5.67. The highest BCUT2D eigenvalue weighted by atomic mass is 16.5. The zero-order chi connectivity index (χ0) is 12.3. The van der Waals surface area contributed by atoms with Gasteiger partial charge in [0.25, 0.3) is 0 Å². The first kappa shape index (κ1) is 12.0. The molecule has 0 saturated heterocycles. The quantitative estimate of drug-likeness (QED) is 0.833. The number of ether oxygens (including phenoxy) is 1. The highest BCUT2D eigenvalue weighted by molar-refractivity contribution is 5.70. The van der Waals surface area contributed by atoms with E-state index in [0.29, 0.717) is 13.2 Å². The molecule has 2 rings (SSSR count). The Morgan fingerprint density at radius 1 is 1.53 bits per heavy atom. The molecule has 1 atom stereocenters. The molecule has 2 heterocycles. The lowest BCUT2D eigenvalue weighted by Gasteiger charge is -2.14. The molecular weight excluding hydrogens is 216 g/mol. The Morgan fingerprint density at radius 2 is 2.35 bits per heavy atom. The van der Waals surface area contributed by atoms with Gasteiger partial charge in [-0.2, -0.15) is 0 Å². The summed E-state index contributed by atoms with van der Waals surface area (Å²) in [6.45, 7) is 3.15. The third-order valence-corrected chi connectivity index (χ3v) is 2.80. The Kier molecular flexibility index (Phi) is 3.71. The summed E-state index contributed by atoms with van der Waals surface area (Å²) in [5.74, 6) is 0.961. The summed E-state index contributed by atoms with van der Waals surface area (Å²) in [5.41, 5.74) is 7.49. The maximum Gasteiger partial charge on any atom is 0.159 e. The molecule has 2 N–H and O–H groups in total. The third-order valence-electron chi connectivity index (χ3n) is 2.80. The van der Waals surface area contributed by atoms with Gasteiger partial charge in [-0.25, -0.2) is 9.97 Å². The third kappa shape index (κ3) is 2.45. The molecule has 0 aromatic carbocycles. The number of fused-ring (bicyclic) bond motifs is 1. The average molecular weight is 234 g/mol. The summed E-state index contributed by atoms with van der Waals surface area (Å²) in [4.78, 5) is 8.86. The zero-order valence-electron chi connectivity index (χ0n) is 10.3. The Hall–Kier alpha value is -1.46. The maximum absolute atomic E-state index is 5.67. The van der Waals surface area contributed by atoms with Crippen molar-refractivity contribution in [3.63, 3.8) is 0 Å². The number of hydrogen-bond donors (Lipinski definition) is 1. The molecule has 2 aromatic heterocycles. The highest BCUT2D eigenvalue weighted by Crippen LogP contribution is 2.13. The van der Waals surface area contributed by atoms with Crippen LogP contribution in [0.5, 0.6) is 0 Å². The molecule has 0 aliphatic carbocycles. The van der Waals surface area contributed by atoms with Crippen LogP contribution in [0.25, 0.3) is 11.2 Å². The van der Waals surface area contributed by atoms with E-state index >= 15 is 0 Å². The molecule has 92 valence electrons. The van der Waals surface area contributed by atoms with Crippen LogP contribution in [0.2, 0.25) is 0 Å². The van der Waals surface area contributed by atoms with E-state index in [-0.39, 0.29) is 6.10 Å². The Labute approximate surface area is 101 Å². The van der Waals surface area contributed by atoms with Crippen LogP contribution in [-0.2, 0) is 18.2 Å². The second kappa shape index (κ2) is 5.25. The van der Waals surface area contributed by atoms with Crippen molar-refractivity contribution in [2.24, 2.45) is 12.8 Å². The summed E-state index contributed by atoms with van der Waals surface area (Å²) < 4.78 is 7.54. The predicted molar refractivity (Wildman–Crippen MR) is 66.7 cm³/mol. The van der Waals surface area contributed by atoms with Crippen LogP contribution >= 0.6 is 0 Å². The molecule has 0 amide bonds. The lowest BCUT2D eigenvalue weighted by Crippen LogP contribution is -2.27. The van der Waals surface area contributed by atoms with Crippen LogP contribution in [0.3, 0.4) is 0 Å². The summed E-state index contributed by atoms with van der Waals surface area (Å²) in [5, 5.41) is 0. The van der Waals surface area contributed by atoms with Crippen LogP contribution in [0.4, 0.5) is 0 Å². The fraction of sp³-hybridized carbons (Fsp3) is 0.500. The molecule has 0 bridgehead atoms. The minimum Gasteiger partial charge on any atom is -0.377 e. The first-order chi connectivity index (χ1) is 8.26. The fourth-order valence-corrected chi connectivity index (χ4v) is 1.90. The van der Waals surface area contributed by atoms with Crippen molar-refractivity contribution in [1.29, 1.82) is 0 Å². The van der Waals surface area contributed by atoms with Crippen LogP contribution in [-0.4, -0.2) is 33.8 Å². The van der Waals surface area contributed by atoms with Gasteiger partial charge in [-0.15, -0.1) is 0 Å². The number of aryl methyl sites for hydroxylation is 1. The van der Waals surface area contributed by atoms with E-state index < -0.39 is 0 Å². The van der Waals surface area contributed by atoms with E-state index in [0.717, 1.165) is 23.4 Å². The van der Waals surface area contributed by atoms with Crippen LogP contribution in [0, 0.1) is 0 Å². The molecule has 0 aliphatic heterocycles.